The SMILES string of the molecule is Cc1nn(CC(=O)N2C[C@H](F)C[C@H]2C(=O)N[C@@H](C2=CC=CC(C)C2)c2ccc(C(C)C)c(F)n2)c(=O)o1. The van der Waals surface area contributed by atoms with Crippen LogP contribution < -0.4 is 11.1 Å². The van der Waals surface area contributed by atoms with Gasteiger partial charge in [0.2, 0.25) is 23.7 Å². The van der Waals surface area contributed by atoms with E-state index in [1.165, 1.54) is 6.92 Å². The third-order valence-corrected chi connectivity index (χ3v) is 6.65. The fourth-order valence-electron chi connectivity index (χ4n) is 4.77. The van der Waals surface area contributed by atoms with Gasteiger partial charge in [0.1, 0.15) is 18.8 Å². The Morgan fingerprint density at radius 2 is 2.05 bits per heavy atom. The number of aromatic nitrogens is 3. The second kappa shape index (κ2) is 10.8. The number of alkyl halides is 1. The molecule has 11 heteroatoms. The van der Waals surface area contributed by atoms with Crippen molar-refractivity contribution >= 4 is 11.8 Å². The van der Waals surface area contributed by atoms with Crippen molar-refractivity contribution in [2.24, 2.45) is 5.92 Å². The first-order valence-corrected chi connectivity index (χ1v) is 12.4. The summed E-state index contributed by atoms with van der Waals surface area (Å²) < 4.78 is 34.9. The largest absolute Gasteiger partial charge is 0.437 e. The minimum atomic E-state index is -1.41. The molecule has 0 radical (unpaired) electrons. The molecule has 9 nitrogen and oxygen atoms in total. The minimum Gasteiger partial charge on any atom is -0.393 e. The number of amides is 2. The van der Waals surface area contributed by atoms with Gasteiger partial charge in [-0.15, -0.1) is 5.10 Å². The third kappa shape index (κ3) is 5.86. The Balaban J connectivity index is 1.59. The van der Waals surface area contributed by atoms with Crippen molar-refractivity contribution in [3.05, 3.63) is 69.6 Å². The zero-order valence-corrected chi connectivity index (χ0v) is 21.3. The highest BCUT2D eigenvalue weighted by Crippen LogP contribution is 2.31. The zero-order chi connectivity index (χ0) is 26.9. The standard InChI is InChI=1S/C26H31F2N5O4/c1-14(2)19-8-9-20(29-24(19)28)23(17-7-5-6-15(3)10-17)30-25(35)21-11-18(27)12-32(21)22(34)13-33-26(36)37-16(4)31-33/h5-9,14-15,18,21,23H,10-13H2,1-4H3,(H,30,35)/t15?,18-,21+,23+/m1/s1. The quantitative estimate of drug-likeness (QED) is 0.568. The number of allylic oxidation sites excluding steroid dienone is 3. The van der Waals surface area contributed by atoms with Crippen LogP contribution in [0.4, 0.5) is 8.78 Å². The van der Waals surface area contributed by atoms with Crippen molar-refractivity contribution in [2.45, 2.75) is 71.3 Å². The summed E-state index contributed by atoms with van der Waals surface area (Å²) in [5, 5.41) is 6.73. The second-order valence-corrected chi connectivity index (χ2v) is 9.96. The normalized spacial score (nSPS) is 22.3. The maximum atomic E-state index is 14.8. The average Bonchev–Trinajstić information content (AvgIpc) is 3.37. The number of rotatable bonds is 7. The highest BCUT2D eigenvalue weighted by molar-refractivity contribution is 5.88. The molecule has 0 saturated carbocycles. The van der Waals surface area contributed by atoms with Crippen LogP contribution in [0.1, 0.15) is 62.7 Å². The monoisotopic (exact) mass is 515 g/mol. The molecule has 2 aromatic heterocycles. The summed E-state index contributed by atoms with van der Waals surface area (Å²) in [5.41, 5.74) is 1.61. The summed E-state index contributed by atoms with van der Waals surface area (Å²) >= 11 is 0. The predicted molar refractivity (Wildman–Crippen MR) is 131 cm³/mol. The lowest BCUT2D eigenvalue weighted by atomic mass is 9.89. The van der Waals surface area contributed by atoms with E-state index in [9.17, 15) is 23.2 Å². The number of aryl methyl sites for hydroxylation is 1. The van der Waals surface area contributed by atoms with Crippen molar-refractivity contribution in [1.29, 1.82) is 0 Å². The fraction of sp³-hybridized carbons (Fsp3) is 0.500. The second-order valence-electron chi connectivity index (χ2n) is 9.96. The third-order valence-electron chi connectivity index (χ3n) is 6.65. The molecule has 1 aliphatic heterocycles. The molecule has 1 aliphatic carbocycles. The zero-order valence-electron chi connectivity index (χ0n) is 21.3. The molecule has 1 fully saturated rings. The van der Waals surface area contributed by atoms with Crippen LogP contribution >= 0.6 is 0 Å². The van der Waals surface area contributed by atoms with Crippen LogP contribution in [0.2, 0.25) is 0 Å². The molecule has 4 atom stereocenters. The summed E-state index contributed by atoms with van der Waals surface area (Å²) in [7, 11) is 0. The van der Waals surface area contributed by atoms with Crippen molar-refractivity contribution in [3.63, 3.8) is 0 Å². The molecule has 0 spiro atoms. The van der Waals surface area contributed by atoms with Gasteiger partial charge in [0.15, 0.2) is 0 Å². The van der Waals surface area contributed by atoms with Gasteiger partial charge in [-0.2, -0.15) is 9.07 Å². The first kappa shape index (κ1) is 26.4. The van der Waals surface area contributed by atoms with Crippen LogP contribution in [0.3, 0.4) is 0 Å². The predicted octanol–water partition coefficient (Wildman–Crippen LogP) is 3.12. The molecule has 0 bridgehead atoms. The van der Waals surface area contributed by atoms with E-state index >= 15 is 0 Å². The van der Waals surface area contributed by atoms with Gasteiger partial charge in [-0.3, -0.25) is 9.59 Å². The summed E-state index contributed by atoms with van der Waals surface area (Å²) in [6, 6.07) is 1.48. The number of hydrogen-bond acceptors (Lipinski definition) is 6. The van der Waals surface area contributed by atoms with Crippen molar-refractivity contribution < 1.29 is 22.8 Å². The Hall–Kier alpha value is -3.63. The van der Waals surface area contributed by atoms with Gasteiger partial charge in [-0.05, 0) is 29.9 Å². The fourth-order valence-corrected chi connectivity index (χ4v) is 4.77. The average molecular weight is 516 g/mol. The molecular formula is C26H31F2N5O4. The van der Waals surface area contributed by atoms with Crippen LogP contribution in [-0.2, 0) is 16.1 Å². The number of hydrogen-bond donors (Lipinski definition) is 1. The Morgan fingerprint density at radius 3 is 2.68 bits per heavy atom. The Morgan fingerprint density at radius 1 is 1.30 bits per heavy atom. The van der Waals surface area contributed by atoms with Gasteiger partial charge < -0.3 is 14.6 Å². The Bertz CT molecular complexity index is 1300. The van der Waals surface area contributed by atoms with E-state index in [0.717, 1.165) is 15.2 Å². The van der Waals surface area contributed by atoms with E-state index in [-0.39, 0.29) is 30.7 Å². The first-order valence-electron chi connectivity index (χ1n) is 12.4. The first-order chi connectivity index (χ1) is 17.5. The lowest BCUT2D eigenvalue weighted by Crippen LogP contribution is -2.48. The van der Waals surface area contributed by atoms with E-state index in [0.29, 0.717) is 17.7 Å². The Labute approximate surface area is 213 Å². The van der Waals surface area contributed by atoms with Gasteiger partial charge in [0.05, 0.1) is 18.3 Å². The van der Waals surface area contributed by atoms with Crippen molar-refractivity contribution in [3.8, 4) is 0 Å². The van der Waals surface area contributed by atoms with Gasteiger partial charge >= 0.3 is 5.76 Å². The minimum absolute atomic E-state index is 0.0630. The molecule has 37 heavy (non-hydrogen) atoms. The van der Waals surface area contributed by atoms with E-state index in [1.807, 2.05) is 39.0 Å². The number of carbonyl (C=O) groups excluding carboxylic acids is 2. The number of nitrogens with zero attached hydrogens (tertiary/aromatic N) is 4. The molecule has 198 valence electrons. The lowest BCUT2D eigenvalue weighted by Gasteiger charge is -2.29. The molecule has 2 amide bonds. The number of halogens is 2. The van der Waals surface area contributed by atoms with E-state index < -0.39 is 48.3 Å². The van der Waals surface area contributed by atoms with Gasteiger partial charge in [0.25, 0.3) is 0 Å². The van der Waals surface area contributed by atoms with E-state index in [1.54, 1.807) is 12.1 Å². The van der Waals surface area contributed by atoms with Crippen LogP contribution in [0, 0.1) is 18.8 Å². The lowest BCUT2D eigenvalue weighted by molar-refractivity contribution is -0.139. The van der Waals surface area contributed by atoms with E-state index in [2.05, 4.69) is 15.4 Å². The molecule has 1 saturated heterocycles. The summed E-state index contributed by atoms with van der Waals surface area (Å²) in [6.07, 6.45) is 4.77. The van der Waals surface area contributed by atoms with Gasteiger partial charge in [-0.25, -0.2) is 14.2 Å². The Kier molecular flexibility index (Phi) is 7.70. The number of nitrogens with one attached hydrogen (secondary N) is 1. The molecule has 1 unspecified atom stereocenters. The van der Waals surface area contributed by atoms with Gasteiger partial charge in [0, 0.05) is 18.9 Å². The van der Waals surface area contributed by atoms with Crippen molar-refractivity contribution in [2.75, 3.05) is 6.54 Å². The number of carbonyl (C=O) groups is 2. The summed E-state index contributed by atoms with van der Waals surface area (Å²) in [4.78, 5) is 43.5. The molecule has 1 N–H and O–H groups in total. The molecule has 2 aromatic rings. The van der Waals surface area contributed by atoms with Crippen molar-refractivity contribution in [1.82, 2.24) is 25.0 Å². The van der Waals surface area contributed by atoms with Crippen LogP contribution in [-0.4, -0.2) is 50.2 Å². The number of likely N-dealkylation sites (tertiary alicyclic amines) is 1. The maximum absolute atomic E-state index is 14.8. The smallest absolute Gasteiger partial charge is 0.393 e. The molecule has 4 rings (SSSR count). The summed E-state index contributed by atoms with van der Waals surface area (Å²) in [6.45, 7) is 6.45. The molecule has 3 heterocycles. The highest BCUT2D eigenvalue weighted by atomic mass is 19.1. The number of pyridine rings is 1. The van der Waals surface area contributed by atoms with Crippen LogP contribution in [0.5, 0.6) is 0 Å². The van der Waals surface area contributed by atoms with Crippen LogP contribution in [0.15, 0.2) is 45.1 Å². The molecular weight excluding hydrogens is 484 g/mol. The molecule has 0 aromatic carbocycles. The summed E-state index contributed by atoms with van der Waals surface area (Å²) in [5.74, 6) is -2.41. The van der Waals surface area contributed by atoms with Gasteiger partial charge in [-0.1, -0.05) is 45.1 Å². The highest BCUT2D eigenvalue weighted by Gasteiger charge is 2.41. The van der Waals surface area contributed by atoms with E-state index in [4.69, 9.17) is 4.42 Å². The maximum Gasteiger partial charge on any atom is 0.437 e. The topological polar surface area (TPSA) is 110 Å². The molecule has 2 aliphatic rings. The van der Waals surface area contributed by atoms with Crippen LogP contribution in [0.25, 0.3) is 0 Å².